The average Bonchev–Trinajstić information content (AvgIpc) is 2.86. The predicted octanol–water partition coefficient (Wildman–Crippen LogP) is 3.40. The zero-order valence-corrected chi connectivity index (χ0v) is 15.0. The Balaban J connectivity index is 1.89. The van der Waals surface area contributed by atoms with Crippen molar-refractivity contribution in [2.24, 2.45) is 0 Å². The normalized spacial score (nSPS) is 11.8. The van der Waals surface area contributed by atoms with Crippen molar-refractivity contribution >= 4 is 44.0 Å². The number of aromatic nitrogens is 2. The van der Waals surface area contributed by atoms with Gasteiger partial charge in [-0.1, -0.05) is 15.9 Å². The molecule has 24 heavy (non-hydrogen) atoms. The van der Waals surface area contributed by atoms with Gasteiger partial charge in [0, 0.05) is 10.5 Å². The maximum atomic E-state index is 12.1. The number of fused-ring (bicyclic) bond motifs is 3. The Morgan fingerprint density at radius 2 is 2.21 bits per heavy atom. The number of halogens is 1. The monoisotopic (exact) mass is 393 g/mol. The number of ether oxygens (including phenoxy) is 1. The second-order valence-electron chi connectivity index (χ2n) is 6.29. The zero-order valence-electron chi connectivity index (χ0n) is 13.4. The van der Waals surface area contributed by atoms with Crippen LogP contribution in [0.25, 0.3) is 22.0 Å². The Morgan fingerprint density at radius 3 is 2.92 bits per heavy atom. The zero-order chi connectivity index (χ0) is 17.5. The molecule has 8 heteroatoms. The molecule has 0 saturated carbocycles. The number of carbonyl (C=O) groups excluding carboxylic acids is 1. The summed E-state index contributed by atoms with van der Waals surface area (Å²) in [5.41, 5.74) is 0.828. The third kappa shape index (κ3) is 3.43. The second kappa shape index (κ2) is 5.94. The lowest BCUT2D eigenvalue weighted by Crippen LogP contribution is -2.32. The van der Waals surface area contributed by atoms with Gasteiger partial charge < -0.3 is 19.7 Å². The highest BCUT2D eigenvalue weighted by atomic mass is 79.9. The summed E-state index contributed by atoms with van der Waals surface area (Å²) in [6.07, 6.45) is 0.794. The Bertz CT molecular complexity index is 930. The molecule has 1 amide bonds. The number of oxazole rings is 1. The minimum Gasteiger partial charge on any atom is -0.618 e. The fourth-order valence-electron chi connectivity index (χ4n) is 2.26. The van der Waals surface area contributed by atoms with Crippen LogP contribution in [0.15, 0.2) is 33.3 Å². The third-order valence-corrected chi connectivity index (χ3v) is 3.66. The van der Waals surface area contributed by atoms with E-state index in [0.717, 1.165) is 9.20 Å². The van der Waals surface area contributed by atoms with E-state index in [-0.39, 0.29) is 6.54 Å². The minimum absolute atomic E-state index is 0.0699. The predicted molar refractivity (Wildman–Crippen MR) is 91.2 cm³/mol. The van der Waals surface area contributed by atoms with Crippen molar-refractivity contribution in [2.45, 2.75) is 32.9 Å². The van der Waals surface area contributed by atoms with Gasteiger partial charge in [0.05, 0.1) is 11.9 Å². The van der Waals surface area contributed by atoms with Crippen molar-refractivity contribution in [1.29, 1.82) is 0 Å². The quantitative estimate of drug-likeness (QED) is 0.531. The second-order valence-corrected chi connectivity index (χ2v) is 7.21. The lowest BCUT2D eigenvalue weighted by atomic mass is 10.2. The van der Waals surface area contributed by atoms with E-state index >= 15 is 0 Å². The van der Waals surface area contributed by atoms with Gasteiger partial charge in [0.1, 0.15) is 5.60 Å². The molecule has 3 aromatic rings. The van der Waals surface area contributed by atoms with Crippen molar-refractivity contribution in [1.82, 2.24) is 10.3 Å². The summed E-state index contributed by atoms with van der Waals surface area (Å²) < 4.78 is 12.4. The van der Waals surface area contributed by atoms with Gasteiger partial charge in [-0.25, -0.2) is 9.78 Å². The molecule has 126 valence electrons. The van der Waals surface area contributed by atoms with E-state index in [9.17, 15) is 10.0 Å². The average molecular weight is 394 g/mol. The highest BCUT2D eigenvalue weighted by Gasteiger charge is 2.19. The number of amides is 1. The Labute approximate surface area is 146 Å². The Morgan fingerprint density at radius 1 is 1.46 bits per heavy atom. The number of nitrogens with zero attached hydrogens (tertiary/aromatic N) is 2. The van der Waals surface area contributed by atoms with Gasteiger partial charge in [-0.15, -0.1) is 0 Å². The molecule has 0 aliphatic heterocycles. The smallest absolute Gasteiger partial charge is 0.408 e. The first kappa shape index (κ1) is 16.5. The van der Waals surface area contributed by atoms with Crippen molar-refractivity contribution in [3.05, 3.63) is 40.0 Å². The molecule has 1 aromatic carbocycles. The minimum atomic E-state index is -0.580. The molecule has 7 nitrogen and oxygen atoms in total. The highest BCUT2D eigenvalue weighted by Crippen LogP contribution is 2.25. The van der Waals surface area contributed by atoms with Crippen LogP contribution < -0.4 is 10.0 Å². The van der Waals surface area contributed by atoms with Crippen molar-refractivity contribution in [3.8, 4) is 0 Å². The van der Waals surface area contributed by atoms with Crippen LogP contribution in [0.3, 0.4) is 0 Å². The number of nitrogens with one attached hydrogen (secondary N) is 1. The first-order valence-corrected chi connectivity index (χ1v) is 8.10. The fraction of sp³-hybridized carbons (Fsp3) is 0.312. The third-order valence-electron chi connectivity index (χ3n) is 3.16. The van der Waals surface area contributed by atoms with E-state index in [2.05, 4.69) is 26.2 Å². The molecule has 0 fully saturated rings. The van der Waals surface area contributed by atoms with Crippen LogP contribution >= 0.6 is 15.9 Å². The Hall–Kier alpha value is -2.35. The number of hydrogen-bond acceptors (Lipinski definition) is 5. The van der Waals surface area contributed by atoms with Crippen LogP contribution in [-0.2, 0) is 11.3 Å². The maximum Gasteiger partial charge on any atom is 0.408 e. The SMILES string of the molecule is CC(C)(C)OC(=O)NCc1nc2c[n+]([O-])c3cc(Br)ccc3c2o1. The number of carbonyl (C=O) groups is 1. The summed E-state index contributed by atoms with van der Waals surface area (Å²) in [5, 5.41) is 15.3. The van der Waals surface area contributed by atoms with Crippen LogP contribution in [0, 0.1) is 5.21 Å². The maximum absolute atomic E-state index is 12.1. The van der Waals surface area contributed by atoms with E-state index < -0.39 is 11.7 Å². The molecule has 2 heterocycles. The summed E-state index contributed by atoms with van der Waals surface area (Å²) in [6, 6.07) is 5.32. The molecular weight excluding hydrogens is 378 g/mol. The van der Waals surface area contributed by atoms with Gasteiger partial charge in [0.25, 0.3) is 0 Å². The first-order chi connectivity index (χ1) is 11.2. The molecule has 2 aromatic heterocycles. The van der Waals surface area contributed by atoms with E-state index in [4.69, 9.17) is 9.15 Å². The molecule has 1 N–H and O–H groups in total. The summed E-state index contributed by atoms with van der Waals surface area (Å²) in [4.78, 5) is 15.9. The highest BCUT2D eigenvalue weighted by molar-refractivity contribution is 9.10. The van der Waals surface area contributed by atoms with E-state index in [1.165, 1.54) is 6.20 Å². The van der Waals surface area contributed by atoms with Gasteiger partial charge in [-0.2, -0.15) is 4.73 Å². The molecule has 0 saturated heterocycles. The number of rotatable bonds is 2. The van der Waals surface area contributed by atoms with Crippen molar-refractivity contribution in [3.63, 3.8) is 0 Å². The Kier molecular flexibility index (Phi) is 4.08. The fourth-order valence-corrected chi connectivity index (χ4v) is 2.60. The summed E-state index contributed by atoms with van der Waals surface area (Å²) in [5.74, 6) is 0.297. The van der Waals surface area contributed by atoms with E-state index in [1.807, 2.05) is 6.07 Å². The first-order valence-electron chi connectivity index (χ1n) is 7.31. The molecule has 0 unspecified atom stereocenters. The van der Waals surface area contributed by atoms with Crippen LogP contribution in [0.4, 0.5) is 4.79 Å². The largest absolute Gasteiger partial charge is 0.618 e. The van der Waals surface area contributed by atoms with E-state index in [1.54, 1.807) is 32.9 Å². The molecule has 0 radical (unpaired) electrons. The van der Waals surface area contributed by atoms with Gasteiger partial charge in [-0.05, 0) is 32.9 Å². The van der Waals surface area contributed by atoms with Gasteiger partial charge in [0.2, 0.25) is 17.6 Å². The number of alkyl carbamates (subject to hydrolysis) is 1. The number of benzene rings is 1. The van der Waals surface area contributed by atoms with Gasteiger partial charge in [0.15, 0.2) is 11.1 Å². The van der Waals surface area contributed by atoms with Crippen LogP contribution in [0.1, 0.15) is 26.7 Å². The van der Waals surface area contributed by atoms with Crippen LogP contribution in [0.5, 0.6) is 0 Å². The lowest BCUT2D eigenvalue weighted by Gasteiger charge is -2.19. The molecule has 3 rings (SSSR count). The molecule has 0 aliphatic carbocycles. The van der Waals surface area contributed by atoms with Crippen LogP contribution in [0.2, 0.25) is 0 Å². The topological polar surface area (TPSA) is 91.3 Å². The summed E-state index contributed by atoms with van der Waals surface area (Å²) in [6.45, 7) is 5.41. The molecule has 0 bridgehead atoms. The molecule has 0 atom stereocenters. The molecule has 0 aliphatic rings. The van der Waals surface area contributed by atoms with Crippen molar-refractivity contribution < 1.29 is 18.7 Å². The van der Waals surface area contributed by atoms with Crippen LogP contribution in [-0.4, -0.2) is 16.7 Å². The molecule has 0 spiro atoms. The van der Waals surface area contributed by atoms with Gasteiger partial charge in [-0.3, -0.25) is 0 Å². The summed E-state index contributed by atoms with van der Waals surface area (Å²) >= 11 is 3.34. The molecular formula is C16H16BrN3O4. The standard InChI is InChI=1S/C16H16BrN3O4/c1-16(2,3)24-15(21)18-7-13-19-11-8-20(22)12-6-9(17)4-5-10(12)14(11)23-13/h4-6,8H,7H2,1-3H3,(H,18,21). The number of hydrogen-bond donors (Lipinski definition) is 1. The van der Waals surface area contributed by atoms with Crippen molar-refractivity contribution in [2.75, 3.05) is 0 Å². The lowest BCUT2D eigenvalue weighted by molar-refractivity contribution is -0.575. The summed E-state index contributed by atoms with van der Waals surface area (Å²) in [7, 11) is 0. The van der Waals surface area contributed by atoms with Gasteiger partial charge >= 0.3 is 6.09 Å². The number of pyridine rings is 1. The van der Waals surface area contributed by atoms with E-state index in [0.29, 0.717) is 27.9 Å².